The van der Waals surface area contributed by atoms with Gasteiger partial charge < -0.3 is 9.47 Å². The molecule has 1 unspecified atom stereocenters. The highest BCUT2D eigenvalue weighted by atomic mass is 16.7. The monoisotopic (exact) mass is 196 g/mol. The topological polar surface area (TPSA) is 18.5 Å². The average molecular weight is 196 g/mol. The first-order valence-corrected chi connectivity index (χ1v) is 5.73. The molecule has 1 aliphatic carbocycles. The van der Waals surface area contributed by atoms with Crippen molar-refractivity contribution in [2.45, 2.75) is 44.3 Å². The molecular weight excluding hydrogens is 176 g/mol. The molecule has 0 amide bonds. The Bertz CT molecular complexity index is 194. The van der Waals surface area contributed by atoms with Gasteiger partial charge in [0.05, 0.1) is 13.2 Å². The van der Waals surface area contributed by atoms with E-state index in [0.717, 1.165) is 38.4 Å². The van der Waals surface area contributed by atoms with Crippen molar-refractivity contribution in [3.63, 3.8) is 0 Å². The lowest BCUT2D eigenvalue weighted by Gasteiger charge is -2.36. The fraction of sp³-hybridized carbons (Fsp3) is 0.833. The summed E-state index contributed by atoms with van der Waals surface area (Å²) in [5.41, 5.74) is 0. The van der Waals surface area contributed by atoms with Crippen molar-refractivity contribution in [2.24, 2.45) is 5.92 Å². The minimum atomic E-state index is -0.190. The zero-order valence-corrected chi connectivity index (χ0v) is 8.84. The minimum absolute atomic E-state index is 0.190. The summed E-state index contributed by atoms with van der Waals surface area (Å²) in [5.74, 6) is 0.587. The van der Waals surface area contributed by atoms with E-state index in [4.69, 9.17) is 9.47 Å². The molecule has 0 bridgehead atoms. The zero-order valence-electron chi connectivity index (χ0n) is 8.84. The lowest BCUT2D eigenvalue weighted by atomic mass is 9.82. The largest absolute Gasteiger partial charge is 0.348 e. The standard InChI is InChI=1S/C12H20O2/c1-2-3-5-11-6-4-7-12(10-11)13-8-9-14-12/h2,11H,1,3-10H2. The lowest BCUT2D eigenvalue weighted by molar-refractivity contribution is -0.187. The Kier molecular flexibility index (Phi) is 3.24. The van der Waals surface area contributed by atoms with Crippen molar-refractivity contribution >= 4 is 0 Å². The summed E-state index contributed by atoms with van der Waals surface area (Å²) in [4.78, 5) is 0. The SMILES string of the molecule is C=CCCC1CCCC2(C1)OCCO2. The zero-order chi connectivity index (χ0) is 9.86. The normalized spacial score (nSPS) is 30.7. The predicted octanol–water partition coefficient (Wildman–Crippen LogP) is 2.89. The van der Waals surface area contributed by atoms with E-state index in [1.54, 1.807) is 0 Å². The summed E-state index contributed by atoms with van der Waals surface area (Å²) < 4.78 is 11.5. The maximum absolute atomic E-state index is 5.74. The molecule has 0 aromatic heterocycles. The van der Waals surface area contributed by atoms with E-state index in [1.807, 2.05) is 6.08 Å². The Morgan fingerprint density at radius 1 is 1.36 bits per heavy atom. The van der Waals surface area contributed by atoms with Gasteiger partial charge in [-0.25, -0.2) is 0 Å². The summed E-state index contributed by atoms with van der Waals surface area (Å²) in [5, 5.41) is 0. The molecule has 1 spiro atoms. The van der Waals surface area contributed by atoms with Crippen LogP contribution >= 0.6 is 0 Å². The van der Waals surface area contributed by atoms with E-state index >= 15 is 0 Å². The third-order valence-corrected chi connectivity index (χ3v) is 3.36. The van der Waals surface area contributed by atoms with Gasteiger partial charge in [-0.2, -0.15) is 0 Å². The smallest absolute Gasteiger partial charge is 0.168 e. The van der Waals surface area contributed by atoms with Gasteiger partial charge in [-0.1, -0.05) is 12.5 Å². The van der Waals surface area contributed by atoms with Crippen molar-refractivity contribution in [3.8, 4) is 0 Å². The van der Waals surface area contributed by atoms with Crippen LogP contribution in [-0.2, 0) is 9.47 Å². The average Bonchev–Trinajstić information content (AvgIpc) is 2.63. The third-order valence-electron chi connectivity index (χ3n) is 3.36. The van der Waals surface area contributed by atoms with Gasteiger partial charge >= 0.3 is 0 Å². The van der Waals surface area contributed by atoms with Gasteiger partial charge in [0.1, 0.15) is 0 Å². The van der Waals surface area contributed by atoms with Gasteiger partial charge in [0.25, 0.3) is 0 Å². The molecule has 1 saturated carbocycles. The summed E-state index contributed by atoms with van der Waals surface area (Å²) in [6.07, 6.45) is 9.17. The van der Waals surface area contributed by atoms with Gasteiger partial charge in [0.2, 0.25) is 0 Å². The summed E-state index contributed by atoms with van der Waals surface area (Å²) in [7, 11) is 0. The molecule has 2 nitrogen and oxygen atoms in total. The van der Waals surface area contributed by atoms with Crippen LogP contribution in [0.4, 0.5) is 0 Å². The Hall–Kier alpha value is -0.340. The lowest BCUT2D eigenvalue weighted by Crippen LogP contribution is -2.36. The number of allylic oxidation sites excluding steroid dienone is 1. The van der Waals surface area contributed by atoms with E-state index < -0.39 is 0 Å². The molecule has 0 aromatic carbocycles. The van der Waals surface area contributed by atoms with E-state index in [2.05, 4.69) is 6.58 Å². The van der Waals surface area contributed by atoms with E-state index in [0.29, 0.717) is 0 Å². The Morgan fingerprint density at radius 3 is 2.86 bits per heavy atom. The van der Waals surface area contributed by atoms with E-state index in [-0.39, 0.29) is 5.79 Å². The van der Waals surface area contributed by atoms with Crippen LogP contribution in [0.1, 0.15) is 38.5 Å². The van der Waals surface area contributed by atoms with Crippen molar-refractivity contribution in [1.82, 2.24) is 0 Å². The van der Waals surface area contributed by atoms with Crippen LogP contribution in [0.3, 0.4) is 0 Å². The predicted molar refractivity (Wildman–Crippen MR) is 56.0 cm³/mol. The minimum Gasteiger partial charge on any atom is -0.348 e. The molecule has 0 radical (unpaired) electrons. The van der Waals surface area contributed by atoms with Crippen molar-refractivity contribution < 1.29 is 9.47 Å². The molecular formula is C12H20O2. The molecule has 2 rings (SSSR count). The molecule has 2 heteroatoms. The Morgan fingerprint density at radius 2 is 2.14 bits per heavy atom. The van der Waals surface area contributed by atoms with Crippen LogP contribution in [0, 0.1) is 5.92 Å². The molecule has 2 aliphatic rings. The van der Waals surface area contributed by atoms with Gasteiger partial charge in [-0.05, 0) is 25.2 Å². The molecule has 2 fully saturated rings. The summed E-state index contributed by atoms with van der Waals surface area (Å²) in [6.45, 7) is 5.34. The van der Waals surface area contributed by atoms with E-state index in [9.17, 15) is 0 Å². The first kappa shape index (κ1) is 10.2. The highest BCUT2D eigenvalue weighted by molar-refractivity contribution is 4.84. The molecule has 14 heavy (non-hydrogen) atoms. The van der Waals surface area contributed by atoms with Gasteiger partial charge in [-0.3, -0.25) is 0 Å². The second-order valence-electron chi connectivity index (χ2n) is 4.44. The fourth-order valence-corrected chi connectivity index (χ4v) is 2.66. The molecule has 0 aromatic rings. The molecule has 0 N–H and O–H groups in total. The van der Waals surface area contributed by atoms with Gasteiger partial charge in [0, 0.05) is 12.8 Å². The highest BCUT2D eigenvalue weighted by Crippen LogP contribution is 2.40. The van der Waals surface area contributed by atoms with Crippen LogP contribution in [-0.4, -0.2) is 19.0 Å². The van der Waals surface area contributed by atoms with Crippen LogP contribution in [0.2, 0.25) is 0 Å². The second kappa shape index (κ2) is 4.45. The van der Waals surface area contributed by atoms with Crippen LogP contribution in [0.15, 0.2) is 12.7 Å². The number of rotatable bonds is 3. The van der Waals surface area contributed by atoms with Gasteiger partial charge in [0.15, 0.2) is 5.79 Å². The number of ether oxygens (including phenoxy) is 2. The summed E-state index contributed by atoms with van der Waals surface area (Å²) in [6, 6.07) is 0. The summed E-state index contributed by atoms with van der Waals surface area (Å²) >= 11 is 0. The molecule has 1 atom stereocenters. The molecule has 80 valence electrons. The first-order valence-electron chi connectivity index (χ1n) is 5.73. The van der Waals surface area contributed by atoms with Crippen molar-refractivity contribution in [2.75, 3.05) is 13.2 Å². The quantitative estimate of drug-likeness (QED) is 0.646. The maximum Gasteiger partial charge on any atom is 0.168 e. The number of hydrogen-bond donors (Lipinski definition) is 0. The molecule has 1 aliphatic heterocycles. The van der Waals surface area contributed by atoms with E-state index in [1.165, 1.54) is 19.3 Å². The maximum atomic E-state index is 5.74. The van der Waals surface area contributed by atoms with Crippen LogP contribution < -0.4 is 0 Å². The molecule has 1 heterocycles. The first-order chi connectivity index (χ1) is 6.85. The van der Waals surface area contributed by atoms with Gasteiger partial charge in [-0.15, -0.1) is 6.58 Å². The second-order valence-corrected chi connectivity index (χ2v) is 4.44. The Balaban J connectivity index is 1.86. The Labute approximate surface area is 86.3 Å². The third kappa shape index (κ3) is 2.18. The molecule has 1 saturated heterocycles. The highest BCUT2D eigenvalue weighted by Gasteiger charge is 2.40. The van der Waals surface area contributed by atoms with Crippen molar-refractivity contribution in [3.05, 3.63) is 12.7 Å². The van der Waals surface area contributed by atoms with Crippen LogP contribution in [0.5, 0.6) is 0 Å². The van der Waals surface area contributed by atoms with Crippen molar-refractivity contribution in [1.29, 1.82) is 0 Å². The number of hydrogen-bond acceptors (Lipinski definition) is 2. The fourth-order valence-electron chi connectivity index (χ4n) is 2.66. The van der Waals surface area contributed by atoms with Crippen LogP contribution in [0.25, 0.3) is 0 Å².